The molecule has 2 aromatic carbocycles. The summed E-state index contributed by atoms with van der Waals surface area (Å²) < 4.78 is 5.19. The number of hydrogen-bond donors (Lipinski definition) is 1. The maximum absolute atomic E-state index is 10.9. The average Bonchev–Trinajstić information content (AvgIpc) is 3.19. The Hall–Kier alpha value is -3.70. The van der Waals surface area contributed by atoms with Crippen LogP contribution in [0.3, 0.4) is 0 Å². The molecular weight excluding hydrogens is 376 g/mol. The number of non-ortho nitro benzene ring substituents is 1. The first-order valence-corrected chi connectivity index (χ1v) is 9.12. The lowest BCUT2D eigenvalue weighted by Crippen LogP contribution is -1.96. The van der Waals surface area contributed by atoms with Gasteiger partial charge in [0.1, 0.15) is 22.4 Å². The van der Waals surface area contributed by atoms with E-state index in [4.69, 9.17) is 4.74 Å². The average molecular weight is 392 g/mol. The lowest BCUT2D eigenvalue weighted by Gasteiger charge is -2.08. The number of nitrogens with zero attached hydrogens (tertiary/aromatic N) is 3. The van der Waals surface area contributed by atoms with E-state index in [2.05, 4.69) is 16.4 Å². The number of thiazole rings is 1. The summed E-state index contributed by atoms with van der Waals surface area (Å²) in [6.07, 6.45) is 1.52. The second-order valence-corrected chi connectivity index (χ2v) is 6.72. The number of nitro benzene ring substituents is 1. The highest BCUT2D eigenvalue weighted by molar-refractivity contribution is 7.11. The third-order valence-corrected chi connectivity index (χ3v) is 4.85. The number of nitrogens with one attached hydrogen (secondary N) is 1. The zero-order chi connectivity index (χ0) is 20.1. The highest BCUT2D eigenvalue weighted by Crippen LogP contribution is 2.30. The van der Waals surface area contributed by atoms with Crippen LogP contribution in [-0.4, -0.2) is 17.0 Å². The molecule has 0 spiro atoms. The zero-order valence-corrected chi connectivity index (χ0v) is 16.0. The minimum Gasteiger partial charge on any atom is -0.494 e. The Balaban J connectivity index is 1.84. The fourth-order valence-electron chi connectivity index (χ4n) is 2.46. The molecule has 0 unspecified atom stereocenters. The predicted molar refractivity (Wildman–Crippen MR) is 109 cm³/mol. The second-order valence-electron chi connectivity index (χ2n) is 5.86. The number of rotatable bonds is 6. The number of ether oxygens (including phenoxy) is 1. The maximum atomic E-state index is 10.9. The number of aryl methyl sites for hydroxylation is 1. The van der Waals surface area contributed by atoms with Gasteiger partial charge in [0.25, 0.3) is 5.69 Å². The summed E-state index contributed by atoms with van der Waals surface area (Å²) in [6.45, 7) is 2.02. The molecule has 140 valence electrons. The Morgan fingerprint density at radius 1 is 1.32 bits per heavy atom. The quantitative estimate of drug-likeness (QED) is 0.359. The monoisotopic (exact) mass is 392 g/mol. The van der Waals surface area contributed by atoms with Crippen LogP contribution in [0, 0.1) is 28.4 Å². The number of hydrogen-bond acceptors (Lipinski definition) is 7. The minimum atomic E-state index is -0.495. The second kappa shape index (κ2) is 8.33. The van der Waals surface area contributed by atoms with E-state index in [0.29, 0.717) is 22.0 Å². The number of allylic oxidation sites excluding steroid dienone is 1. The van der Waals surface area contributed by atoms with Gasteiger partial charge in [-0.05, 0) is 13.0 Å². The van der Waals surface area contributed by atoms with Crippen molar-refractivity contribution in [2.24, 2.45) is 0 Å². The lowest BCUT2D eigenvalue weighted by molar-refractivity contribution is -0.384. The molecule has 0 saturated carbocycles. The van der Waals surface area contributed by atoms with Crippen molar-refractivity contribution in [1.82, 2.24) is 4.98 Å². The summed E-state index contributed by atoms with van der Waals surface area (Å²) in [5, 5.41) is 25.8. The molecule has 0 aliphatic carbocycles. The molecule has 0 aliphatic rings. The summed E-state index contributed by atoms with van der Waals surface area (Å²) in [5.74, 6) is 0.308. The van der Waals surface area contributed by atoms with Gasteiger partial charge < -0.3 is 10.1 Å². The summed E-state index contributed by atoms with van der Waals surface area (Å²) >= 11 is 1.37. The predicted octanol–water partition coefficient (Wildman–Crippen LogP) is 5.01. The fraction of sp³-hybridized carbons (Fsp3) is 0.100. The summed E-state index contributed by atoms with van der Waals surface area (Å²) in [7, 11) is 1.42. The van der Waals surface area contributed by atoms with E-state index in [9.17, 15) is 15.4 Å². The first-order chi connectivity index (χ1) is 13.5. The normalized spacial score (nSPS) is 11.0. The Morgan fingerprint density at radius 3 is 2.71 bits per heavy atom. The molecule has 3 aromatic rings. The maximum Gasteiger partial charge on any atom is 0.273 e. The molecule has 8 heteroatoms. The van der Waals surface area contributed by atoms with Crippen molar-refractivity contribution < 1.29 is 9.66 Å². The highest BCUT2D eigenvalue weighted by atomic mass is 32.1. The molecule has 0 bridgehead atoms. The topological polar surface area (TPSA) is 101 Å². The van der Waals surface area contributed by atoms with Gasteiger partial charge in [0.05, 0.1) is 29.5 Å². The molecule has 0 aliphatic heterocycles. The standard InChI is InChI=1S/C20H16N4O3S/c1-13-3-5-14(6-4-13)18-12-28-20(23-18)15(10-21)11-22-17-8-7-16(24(25)26)9-19(17)27-2/h3-9,11-12,22H,1-2H3/b15-11+. The van der Waals surface area contributed by atoms with Gasteiger partial charge in [-0.1, -0.05) is 29.8 Å². The highest BCUT2D eigenvalue weighted by Gasteiger charge is 2.12. The fourth-order valence-corrected chi connectivity index (χ4v) is 3.25. The van der Waals surface area contributed by atoms with E-state index < -0.39 is 4.92 Å². The van der Waals surface area contributed by atoms with Crippen molar-refractivity contribution in [2.45, 2.75) is 6.92 Å². The van der Waals surface area contributed by atoms with Crippen LogP contribution < -0.4 is 10.1 Å². The van der Waals surface area contributed by atoms with Crippen LogP contribution in [0.2, 0.25) is 0 Å². The lowest BCUT2D eigenvalue weighted by atomic mass is 10.1. The molecule has 0 amide bonds. The van der Waals surface area contributed by atoms with Crippen molar-refractivity contribution in [3.05, 3.63) is 74.7 Å². The van der Waals surface area contributed by atoms with E-state index in [1.54, 1.807) is 0 Å². The van der Waals surface area contributed by atoms with Crippen molar-refractivity contribution in [2.75, 3.05) is 12.4 Å². The molecule has 7 nitrogen and oxygen atoms in total. The summed E-state index contributed by atoms with van der Waals surface area (Å²) in [6, 6.07) is 14.3. The van der Waals surface area contributed by atoms with Crippen molar-refractivity contribution >= 4 is 28.3 Å². The van der Waals surface area contributed by atoms with Gasteiger partial charge in [0, 0.05) is 23.2 Å². The van der Waals surface area contributed by atoms with Crippen molar-refractivity contribution in [1.29, 1.82) is 5.26 Å². The van der Waals surface area contributed by atoms with Crippen LogP contribution in [0.5, 0.6) is 5.75 Å². The summed E-state index contributed by atoms with van der Waals surface area (Å²) in [4.78, 5) is 14.9. The van der Waals surface area contributed by atoms with Gasteiger partial charge in [-0.3, -0.25) is 10.1 Å². The van der Waals surface area contributed by atoms with Gasteiger partial charge >= 0.3 is 0 Å². The third-order valence-electron chi connectivity index (χ3n) is 3.97. The Morgan fingerprint density at radius 2 is 2.07 bits per heavy atom. The summed E-state index contributed by atoms with van der Waals surface area (Å²) in [5.41, 5.74) is 3.73. The van der Waals surface area contributed by atoms with Gasteiger partial charge in [-0.2, -0.15) is 5.26 Å². The van der Waals surface area contributed by atoms with E-state index >= 15 is 0 Å². The Bertz CT molecular complexity index is 1080. The zero-order valence-electron chi connectivity index (χ0n) is 15.2. The first kappa shape index (κ1) is 19.1. The van der Waals surface area contributed by atoms with Crippen LogP contribution in [0.25, 0.3) is 16.8 Å². The Labute approximate surface area is 165 Å². The number of benzene rings is 2. The van der Waals surface area contributed by atoms with Gasteiger partial charge in [-0.25, -0.2) is 4.98 Å². The van der Waals surface area contributed by atoms with E-state index in [1.165, 1.54) is 42.8 Å². The molecule has 1 heterocycles. The van der Waals surface area contributed by atoms with Crippen LogP contribution in [0.15, 0.2) is 54.0 Å². The van der Waals surface area contributed by atoms with Crippen LogP contribution in [0.4, 0.5) is 11.4 Å². The largest absolute Gasteiger partial charge is 0.494 e. The molecule has 1 aromatic heterocycles. The molecule has 3 rings (SSSR count). The van der Waals surface area contributed by atoms with E-state index in [0.717, 1.165) is 16.8 Å². The third kappa shape index (κ3) is 4.16. The van der Waals surface area contributed by atoms with Crippen molar-refractivity contribution in [3.63, 3.8) is 0 Å². The van der Waals surface area contributed by atoms with Gasteiger partial charge in [0.15, 0.2) is 0 Å². The van der Waals surface area contributed by atoms with E-state index in [1.807, 2.05) is 36.6 Å². The van der Waals surface area contributed by atoms with Crippen molar-refractivity contribution in [3.8, 4) is 23.1 Å². The smallest absolute Gasteiger partial charge is 0.273 e. The number of anilines is 1. The molecule has 0 atom stereocenters. The van der Waals surface area contributed by atoms with Gasteiger partial charge in [0.2, 0.25) is 0 Å². The number of nitriles is 1. The molecule has 0 fully saturated rings. The minimum absolute atomic E-state index is 0.0745. The number of methoxy groups -OCH3 is 1. The number of aromatic nitrogens is 1. The van der Waals surface area contributed by atoms with Crippen LogP contribution in [-0.2, 0) is 0 Å². The van der Waals surface area contributed by atoms with Gasteiger partial charge in [-0.15, -0.1) is 11.3 Å². The molecular formula is C20H16N4O3S. The Kier molecular flexibility index (Phi) is 5.67. The van der Waals surface area contributed by atoms with Crippen LogP contribution >= 0.6 is 11.3 Å². The van der Waals surface area contributed by atoms with Crippen LogP contribution in [0.1, 0.15) is 10.6 Å². The SMILES string of the molecule is COc1cc([N+](=O)[O-])ccc1N/C=C(\C#N)c1nc(-c2ccc(C)cc2)cs1. The molecule has 0 radical (unpaired) electrons. The van der Waals surface area contributed by atoms with E-state index in [-0.39, 0.29) is 5.69 Å². The molecule has 1 N–H and O–H groups in total. The first-order valence-electron chi connectivity index (χ1n) is 8.24. The molecule has 0 saturated heterocycles. The number of nitro groups is 1. The molecule has 28 heavy (non-hydrogen) atoms.